The Morgan fingerprint density at radius 1 is 1.40 bits per heavy atom. The van der Waals surface area contributed by atoms with E-state index >= 15 is 0 Å². The van der Waals surface area contributed by atoms with Crippen LogP contribution in [0.5, 0.6) is 5.75 Å². The summed E-state index contributed by atoms with van der Waals surface area (Å²) in [7, 11) is 0. The zero-order valence-electron chi connectivity index (χ0n) is 11.6. The molecule has 1 aliphatic rings. The topological polar surface area (TPSA) is 78.8 Å². The molecule has 1 amide bonds. The first kappa shape index (κ1) is 14.8. The third kappa shape index (κ3) is 3.29. The third-order valence-electron chi connectivity index (χ3n) is 3.66. The van der Waals surface area contributed by atoms with Gasteiger partial charge in [0.1, 0.15) is 5.75 Å². The highest BCUT2D eigenvalue weighted by Crippen LogP contribution is 2.26. The highest BCUT2D eigenvalue weighted by Gasteiger charge is 2.33. The molecule has 0 aromatic heterocycles. The second-order valence-corrected chi connectivity index (χ2v) is 5.08. The summed E-state index contributed by atoms with van der Waals surface area (Å²) in [5.74, 6) is 0.206. The molecule has 20 heavy (non-hydrogen) atoms. The lowest BCUT2D eigenvalue weighted by Crippen LogP contribution is -2.33. The first-order valence-electron chi connectivity index (χ1n) is 6.97. The summed E-state index contributed by atoms with van der Waals surface area (Å²) in [6.45, 7) is 2.32. The van der Waals surface area contributed by atoms with Crippen LogP contribution in [0.25, 0.3) is 0 Å². The van der Waals surface area contributed by atoms with Gasteiger partial charge in [-0.25, -0.2) is 0 Å². The van der Waals surface area contributed by atoms with Crippen molar-refractivity contribution in [3.8, 4) is 5.75 Å². The van der Waals surface area contributed by atoms with Gasteiger partial charge in [-0.05, 0) is 31.9 Å². The molecular weight excluding hydrogens is 258 g/mol. The zero-order valence-corrected chi connectivity index (χ0v) is 11.6. The van der Waals surface area contributed by atoms with Crippen LogP contribution in [0.3, 0.4) is 0 Å². The van der Waals surface area contributed by atoms with Crippen molar-refractivity contribution in [2.75, 3.05) is 13.2 Å². The number of hydrogen-bond donors (Lipinski definition) is 3. The van der Waals surface area contributed by atoms with Crippen LogP contribution in [0.1, 0.15) is 30.1 Å². The van der Waals surface area contributed by atoms with Crippen molar-refractivity contribution in [2.45, 2.75) is 31.9 Å². The second kappa shape index (κ2) is 6.72. The Bertz CT molecular complexity index is 463. The fraction of sp³-hybridized carbons (Fsp3) is 0.533. The van der Waals surface area contributed by atoms with Gasteiger partial charge in [0, 0.05) is 18.6 Å². The minimum atomic E-state index is -0.549. The van der Waals surface area contributed by atoms with Gasteiger partial charge in [-0.1, -0.05) is 12.1 Å². The van der Waals surface area contributed by atoms with Crippen molar-refractivity contribution < 1.29 is 19.7 Å². The lowest BCUT2D eigenvalue weighted by Gasteiger charge is -2.14. The van der Waals surface area contributed by atoms with Crippen molar-refractivity contribution in [1.82, 2.24) is 5.32 Å². The predicted molar refractivity (Wildman–Crippen MR) is 74.7 cm³/mol. The van der Waals surface area contributed by atoms with E-state index < -0.39 is 6.10 Å². The molecule has 5 heteroatoms. The van der Waals surface area contributed by atoms with Gasteiger partial charge >= 0.3 is 0 Å². The largest absolute Gasteiger partial charge is 0.493 e. The molecule has 3 N–H and O–H groups in total. The second-order valence-electron chi connectivity index (χ2n) is 5.08. The molecule has 0 radical (unpaired) electrons. The molecule has 5 nitrogen and oxygen atoms in total. The maximum Gasteiger partial charge on any atom is 0.255 e. The molecule has 3 atom stereocenters. The van der Waals surface area contributed by atoms with Gasteiger partial charge < -0.3 is 20.3 Å². The molecule has 0 aliphatic heterocycles. The third-order valence-corrected chi connectivity index (χ3v) is 3.66. The van der Waals surface area contributed by atoms with E-state index in [1.54, 1.807) is 18.2 Å². The first-order valence-corrected chi connectivity index (χ1v) is 6.97. The van der Waals surface area contributed by atoms with Crippen LogP contribution >= 0.6 is 0 Å². The molecule has 0 bridgehead atoms. The van der Waals surface area contributed by atoms with Gasteiger partial charge in [0.2, 0.25) is 0 Å². The Hall–Kier alpha value is -1.59. The number of aliphatic hydroxyl groups is 2. The number of rotatable bonds is 5. The van der Waals surface area contributed by atoms with Crippen LogP contribution in [0.2, 0.25) is 0 Å². The smallest absolute Gasteiger partial charge is 0.255 e. The summed E-state index contributed by atoms with van der Waals surface area (Å²) in [4.78, 5) is 12.3. The van der Waals surface area contributed by atoms with Crippen LogP contribution in [-0.4, -0.2) is 41.5 Å². The van der Waals surface area contributed by atoms with Crippen LogP contribution in [-0.2, 0) is 0 Å². The van der Waals surface area contributed by atoms with Crippen molar-refractivity contribution in [2.24, 2.45) is 5.92 Å². The molecule has 1 fully saturated rings. The summed E-state index contributed by atoms with van der Waals surface area (Å²) < 4.78 is 5.44. The fourth-order valence-corrected chi connectivity index (χ4v) is 2.62. The van der Waals surface area contributed by atoms with Crippen LogP contribution < -0.4 is 10.1 Å². The molecule has 0 saturated heterocycles. The van der Waals surface area contributed by atoms with Crippen molar-refractivity contribution >= 4 is 5.91 Å². The average Bonchev–Trinajstić information content (AvgIpc) is 2.79. The Balaban J connectivity index is 2.02. The SMILES string of the molecule is CCOc1ccccc1C(=O)N[C@H]1C[C@H](CO)[C@H](O)C1. The zero-order chi connectivity index (χ0) is 14.5. The Morgan fingerprint density at radius 3 is 2.80 bits per heavy atom. The molecular formula is C15H21NO4. The van der Waals surface area contributed by atoms with E-state index in [2.05, 4.69) is 5.32 Å². The van der Waals surface area contributed by atoms with Crippen molar-refractivity contribution in [3.05, 3.63) is 29.8 Å². The number of hydrogen-bond acceptors (Lipinski definition) is 4. The van der Waals surface area contributed by atoms with Crippen molar-refractivity contribution in [3.63, 3.8) is 0 Å². The first-order chi connectivity index (χ1) is 9.65. The molecule has 1 aromatic carbocycles. The van der Waals surface area contributed by atoms with Crippen molar-refractivity contribution in [1.29, 1.82) is 0 Å². The summed E-state index contributed by atoms with van der Waals surface area (Å²) >= 11 is 0. The predicted octanol–water partition coefficient (Wildman–Crippen LogP) is 0.947. The normalized spacial score (nSPS) is 25.4. The summed E-state index contributed by atoms with van der Waals surface area (Å²) in [6.07, 6.45) is 0.529. The van der Waals surface area contributed by atoms with E-state index in [1.807, 2.05) is 13.0 Å². The van der Waals surface area contributed by atoms with Gasteiger partial charge in [-0.2, -0.15) is 0 Å². The van der Waals surface area contributed by atoms with E-state index in [4.69, 9.17) is 9.84 Å². The molecule has 1 saturated carbocycles. The highest BCUT2D eigenvalue weighted by molar-refractivity contribution is 5.97. The summed E-state index contributed by atoms with van der Waals surface area (Å²) in [5, 5.41) is 21.8. The quantitative estimate of drug-likeness (QED) is 0.749. The molecule has 0 unspecified atom stereocenters. The van der Waals surface area contributed by atoms with Crippen LogP contribution in [0.4, 0.5) is 0 Å². The lowest BCUT2D eigenvalue weighted by molar-refractivity contribution is 0.0903. The number of benzene rings is 1. The molecule has 0 spiro atoms. The van der Waals surface area contributed by atoms with Gasteiger partial charge in [-0.3, -0.25) is 4.79 Å². The molecule has 110 valence electrons. The van der Waals surface area contributed by atoms with E-state index in [1.165, 1.54) is 0 Å². The Morgan fingerprint density at radius 2 is 2.15 bits per heavy atom. The number of ether oxygens (including phenoxy) is 1. The highest BCUT2D eigenvalue weighted by atomic mass is 16.5. The monoisotopic (exact) mass is 279 g/mol. The summed E-state index contributed by atoms with van der Waals surface area (Å²) in [5.41, 5.74) is 0.497. The molecule has 0 heterocycles. The Labute approximate surface area is 118 Å². The minimum Gasteiger partial charge on any atom is -0.493 e. The van der Waals surface area contributed by atoms with Gasteiger partial charge in [-0.15, -0.1) is 0 Å². The van der Waals surface area contributed by atoms with Gasteiger partial charge in [0.05, 0.1) is 18.3 Å². The van der Waals surface area contributed by atoms with E-state index in [0.29, 0.717) is 30.8 Å². The molecule has 2 rings (SSSR count). The molecule has 1 aliphatic carbocycles. The maximum atomic E-state index is 12.3. The minimum absolute atomic E-state index is 0.0525. The van der Waals surface area contributed by atoms with E-state index in [0.717, 1.165) is 0 Å². The number of amides is 1. The number of carbonyl (C=O) groups excluding carboxylic acids is 1. The van der Waals surface area contributed by atoms with Crippen LogP contribution in [0, 0.1) is 5.92 Å². The lowest BCUT2D eigenvalue weighted by atomic mass is 10.1. The Kier molecular flexibility index (Phi) is 4.98. The van der Waals surface area contributed by atoms with Gasteiger partial charge in [0.15, 0.2) is 0 Å². The maximum absolute atomic E-state index is 12.3. The van der Waals surface area contributed by atoms with E-state index in [-0.39, 0.29) is 24.5 Å². The number of aliphatic hydroxyl groups excluding tert-OH is 2. The van der Waals surface area contributed by atoms with Gasteiger partial charge in [0.25, 0.3) is 5.91 Å². The van der Waals surface area contributed by atoms with E-state index in [9.17, 15) is 9.90 Å². The number of carbonyl (C=O) groups is 1. The number of para-hydroxylation sites is 1. The standard InChI is InChI=1S/C15H21NO4/c1-2-20-14-6-4-3-5-12(14)15(19)16-11-7-10(9-17)13(18)8-11/h3-6,10-11,13,17-18H,2,7-9H2,1H3,(H,16,19)/t10-,11+,13-/m1/s1. The number of nitrogens with one attached hydrogen (secondary N) is 1. The fourth-order valence-electron chi connectivity index (χ4n) is 2.62. The summed E-state index contributed by atoms with van der Waals surface area (Å²) in [6, 6.07) is 6.98. The average molecular weight is 279 g/mol. The van der Waals surface area contributed by atoms with Crippen LogP contribution in [0.15, 0.2) is 24.3 Å². The molecule has 1 aromatic rings.